The van der Waals surface area contributed by atoms with Crippen molar-refractivity contribution in [2.24, 2.45) is 0 Å². The van der Waals surface area contributed by atoms with Crippen LogP contribution in [-0.4, -0.2) is 17.5 Å². The smallest absolute Gasteiger partial charge is 0.179 e. The summed E-state index contributed by atoms with van der Waals surface area (Å²) >= 11 is 1.75. The molecule has 0 amide bonds. The van der Waals surface area contributed by atoms with E-state index >= 15 is 0 Å². The minimum Gasteiger partial charge on any atom is -0.583 e. The quantitative estimate of drug-likeness (QED) is 0.750. The van der Waals surface area contributed by atoms with Crippen molar-refractivity contribution in [3.8, 4) is 0 Å². The van der Waals surface area contributed by atoms with Crippen molar-refractivity contribution in [3.63, 3.8) is 0 Å². The van der Waals surface area contributed by atoms with E-state index in [2.05, 4.69) is 0 Å². The third-order valence-electron chi connectivity index (χ3n) is 2.56. The van der Waals surface area contributed by atoms with Crippen LogP contribution in [0.1, 0.15) is 6.42 Å². The Morgan fingerprint density at radius 3 is 2.44 bits per heavy atom. The van der Waals surface area contributed by atoms with Crippen molar-refractivity contribution >= 4 is 29.9 Å². The fourth-order valence-electron chi connectivity index (χ4n) is 1.66. The van der Waals surface area contributed by atoms with E-state index in [0.717, 1.165) is 17.9 Å². The van der Waals surface area contributed by atoms with E-state index in [9.17, 15) is 10.4 Å². The van der Waals surface area contributed by atoms with E-state index in [-0.39, 0.29) is 28.8 Å². The molecule has 0 aliphatic carbocycles. The topological polar surface area (TPSA) is 55.0 Å². The van der Waals surface area contributed by atoms with Gasteiger partial charge < -0.3 is 10.4 Å². The molecule has 1 aromatic rings. The molecule has 0 spiro atoms. The van der Waals surface area contributed by atoms with Gasteiger partial charge in [0.15, 0.2) is 5.69 Å². The van der Waals surface area contributed by atoms with Crippen LogP contribution in [0.15, 0.2) is 30.3 Å². The molecule has 4 nitrogen and oxygen atoms in total. The molecule has 2 rings (SSSR count). The number of rotatable bonds is 3. The predicted octanol–water partition coefficient (Wildman–Crippen LogP) is -0.0742. The number of nitrogens with one attached hydrogen (secondary N) is 2. The molecule has 0 bridgehead atoms. The Morgan fingerprint density at radius 2 is 1.88 bits per heavy atom. The average Bonchev–Trinajstić information content (AvgIpc) is 2.82. The lowest BCUT2D eigenvalue weighted by molar-refractivity contribution is -1.44. The molecule has 3 atom stereocenters. The average molecular weight is 263 g/mol. The largest absolute Gasteiger partial charge is 0.583 e. The second kappa shape index (κ2) is 6.44. The summed E-state index contributed by atoms with van der Waals surface area (Å²) in [6.45, 7) is 0. The van der Waals surface area contributed by atoms with Crippen LogP contribution >= 0.6 is 24.2 Å². The van der Waals surface area contributed by atoms with Gasteiger partial charge in [0.25, 0.3) is 0 Å². The molecule has 0 aromatic heterocycles. The Labute approximate surface area is 105 Å². The lowest BCUT2D eigenvalue weighted by Gasteiger charge is -2.35. The van der Waals surface area contributed by atoms with Gasteiger partial charge >= 0.3 is 0 Å². The van der Waals surface area contributed by atoms with Gasteiger partial charge in [0.05, 0.1) is 5.75 Å². The highest BCUT2D eigenvalue weighted by Crippen LogP contribution is 2.14. The predicted molar refractivity (Wildman–Crippen MR) is 67.7 cm³/mol. The molecule has 1 fully saturated rings. The molecule has 0 radical (unpaired) electrons. The second-order valence-electron chi connectivity index (χ2n) is 3.62. The monoisotopic (exact) mass is 262 g/mol. The molecule has 3 unspecified atom stereocenters. The van der Waals surface area contributed by atoms with Gasteiger partial charge in [0, 0.05) is 18.6 Å². The van der Waals surface area contributed by atoms with Crippen LogP contribution in [0.2, 0.25) is 0 Å². The van der Waals surface area contributed by atoms with Crippen LogP contribution in [0.5, 0.6) is 0 Å². The van der Waals surface area contributed by atoms with E-state index in [1.54, 1.807) is 36.0 Å². The SMILES string of the molecule is Cl.[O-][NH+](c1ccccc1)[NH+]([O-])C1CCSC1. The molecule has 2 N–H and O–H groups in total. The first-order valence-electron chi connectivity index (χ1n) is 5.00. The standard InChI is InChI=1S/C10H14N2O2S.ClH/c13-11(9-4-2-1-3-5-9)12(14)10-6-7-15-8-10;/h1-5,10-12H,6-8H2;1H. The zero-order valence-corrected chi connectivity index (χ0v) is 10.4. The minimum absolute atomic E-state index is 0. The van der Waals surface area contributed by atoms with E-state index in [1.165, 1.54) is 0 Å². The highest BCUT2D eigenvalue weighted by Gasteiger charge is 2.26. The van der Waals surface area contributed by atoms with Gasteiger partial charge in [-0.2, -0.15) is 16.9 Å². The molecular formula is C10H15ClN2O2S. The summed E-state index contributed by atoms with van der Waals surface area (Å²) in [6.07, 6.45) is 0.849. The first kappa shape index (κ1) is 13.8. The molecule has 0 saturated carbocycles. The summed E-state index contributed by atoms with van der Waals surface area (Å²) in [5.41, 5.74) is 0.513. The maximum Gasteiger partial charge on any atom is 0.179 e. The number of hydrogen-bond donors (Lipinski definition) is 2. The summed E-state index contributed by atoms with van der Waals surface area (Å²) < 4.78 is 0. The fraction of sp³-hybridized carbons (Fsp3) is 0.400. The van der Waals surface area contributed by atoms with Gasteiger partial charge in [-0.15, -0.1) is 12.4 Å². The number of quaternary nitrogens is 2. The van der Waals surface area contributed by atoms with Crippen molar-refractivity contribution in [2.75, 3.05) is 11.5 Å². The normalized spacial score (nSPS) is 23.5. The lowest BCUT2D eigenvalue weighted by atomic mass is 10.3. The van der Waals surface area contributed by atoms with Crippen LogP contribution < -0.4 is 10.3 Å². The number of halogens is 1. The number of thioether (sulfide) groups is 1. The highest BCUT2D eigenvalue weighted by molar-refractivity contribution is 7.99. The first-order valence-corrected chi connectivity index (χ1v) is 6.16. The van der Waals surface area contributed by atoms with E-state index in [4.69, 9.17) is 0 Å². The molecule has 1 aliphatic heterocycles. The molecule has 1 aromatic carbocycles. The van der Waals surface area contributed by atoms with Crippen LogP contribution in [0.25, 0.3) is 0 Å². The molecule has 1 aliphatic rings. The van der Waals surface area contributed by atoms with E-state index in [0.29, 0.717) is 5.69 Å². The third-order valence-corrected chi connectivity index (χ3v) is 3.72. The van der Waals surface area contributed by atoms with E-state index in [1.807, 2.05) is 6.07 Å². The zero-order valence-electron chi connectivity index (χ0n) is 8.72. The summed E-state index contributed by atoms with van der Waals surface area (Å²) in [5, 5.41) is 23.0. The summed E-state index contributed by atoms with van der Waals surface area (Å²) in [4.78, 5) is 0. The fourth-order valence-corrected chi connectivity index (χ4v) is 2.88. The molecule has 6 heteroatoms. The van der Waals surface area contributed by atoms with Gasteiger partial charge in [-0.1, -0.05) is 18.2 Å². The maximum absolute atomic E-state index is 11.8. The zero-order chi connectivity index (χ0) is 10.7. The van der Waals surface area contributed by atoms with Crippen molar-refractivity contribution < 1.29 is 10.3 Å². The van der Waals surface area contributed by atoms with Gasteiger partial charge in [0.2, 0.25) is 0 Å². The Bertz CT molecular complexity index is 309. The van der Waals surface area contributed by atoms with Crippen LogP contribution in [0.3, 0.4) is 0 Å². The minimum atomic E-state index is -0.330. The van der Waals surface area contributed by atoms with E-state index < -0.39 is 0 Å². The van der Waals surface area contributed by atoms with Crippen LogP contribution in [-0.2, 0) is 0 Å². The second-order valence-corrected chi connectivity index (χ2v) is 4.77. The van der Waals surface area contributed by atoms with Crippen LogP contribution in [0.4, 0.5) is 5.69 Å². The number of hydrogen-bond acceptors (Lipinski definition) is 3. The Kier molecular flexibility index (Phi) is 5.54. The lowest BCUT2D eigenvalue weighted by Crippen LogP contribution is -3.55. The maximum atomic E-state index is 11.8. The summed E-state index contributed by atoms with van der Waals surface area (Å²) in [6, 6.07) is 8.74. The summed E-state index contributed by atoms with van der Waals surface area (Å²) in [5.74, 6) is 1.80. The summed E-state index contributed by atoms with van der Waals surface area (Å²) in [7, 11) is 0. The Hall–Kier alpha value is -0.300. The van der Waals surface area contributed by atoms with Gasteiger partial charge in [-0.05, 0) is 5.75 Å². The molecule has 1 saturated heterocycles. The van der Waals surface area contributed by atoms with Gasteiger partial charge in [-0.25, -0.2) is 5.17 Å². The number of hydroxylamine groups is 1. The van der Waals surface area contributed by atoms with Crippen LogP contribution in [0, 0.1) is 10.4 Å². The third kappa shape index (κ3) is 3.10. The van der Waals surface area contributed by atoms with Crippen molar-refractivity contribution in [3.05, 3.63) is 40.7 Å². The van der Waals surface area contributed by atoms with Gasteiger partial charge in [-0.3, -0.25) is 0 Å². The number of para-hydroxylation sites is 1. The van der Waals surface area contributed by atoms with Crippen molar-refractivity contribution in [1.82, 2.24) is 0 Å². The molecule has 1 heterocycles. The number of benzene rings is 1. The Balaban J connectivity index is 0.00000128. The molecule has 90 valence electrons. The molecule has 16 heavy (non-hydrogen) atoms. The van der Waals surface area contributed by atoms with Crippen molar-refractivity contribution in [2.45, 2.75) is 12.5 Å². The highest BCUT2D eigenvalue weighted by atomic mass is 35.5. The van der Waals surface area contributed by atoms with Crippen molar-refractivity contribution in [1.29, 1.82) is 0 Å². The Morgan fingerprint density at radius 1 is 1.19 bits per heavy atom. The molecular weight excluding hydrogens is 248 g/mol. The van der Waals surface area contributed by atoms with Gasteiger partial charge in [0.1, 0.15) is 6.04 Å². The first-order chi connectivity index (χ1) is 7.29.